The maximum Gasteiger partial charge on any atom is 0.109 e. The predicted molar refractivity (Wildman–Crippen MR) is 39.2 cm³/mol. The molecule has 1 aliphatic heterocycles. The van der Waals surface area contributed by atoms with Gasteiger partial charge in [0.1, 0.15) is 12.2 Å². The van der Waals surface area contributed by atoms with E-state index in [-0.39, 0.29) is 24.7 Å². The summed E-state index contributed by atoms with van der Waals surface area (Å²) in [5.74, 6) is -0.150. The molecule has 6 atom stereocenters. The molecule has 70 valence electrons. The summed E-state index contributed by atoms with van der Waals surface area (Å²) < 4.78 is 5.22. The quantitative estimate of drug-likeness (QED) is 0.351. The standard InChI is InChI=1S/C7H13NO4/c8-4-3-6(11)5(10)2(1-9)12-7(3)4/h2-7,9-11H,1,8H2/t2-,3-,4+,5+,6-,7+/m1/s1. The highest BCUT2D eigenvalue weighted by Crippen LogP contribution is 2.42. The van der Waals surface area contributed by atoms with E-state index in [9.17, 15) is 10.2 Å². The highest BCUT2D eigenvalue weighted by atomic mass is 16.5. The summed E-state index contributed by atoms with van der Waals surface area (Å²) >= 11 is 0. The van der Waals surface area contributed by atoms with E-state index in [1.807, 2.05) is 0 Å². The Bertz CT molecular complexity index is 183. The number of nitrogens with two attached hydrogens (primary N) is 1. The molecule has 5 N–H and O–H groups in total. The fraction of sp³-hybridized carbons (Fsp3) is 1.00. The van der Waals surface area contributed by atoms with Crippen LogP contribution in [0.2, 0.25) is 0 Å². The summed E-state index contributed by atoms with van der Waals surface area (Å²) in [5.41, 5.74) is 5.56. The predicted octanol–water partition coefficient (Wildman–Crippen LogP) is -2.57. The van der Waals surface area contributed by atoms with Crippen molar-refractivity contribution in [3.63, 3.8) is 0 Å². The van der Waals surface area contributed by atoms with Gasteiger partial charge < -0.3 is 25.8 Å². The molecule has 2 rings (SSSR count). The maximum absolute atomic E-state index is 9.44. The molecule has 0 aromatic rings. The number of hydrogen-bond acceptors (Lipinski definition) is 5. The lowest BCUT2D eigenvalue weighted by Crippen LogP contribution is -2.47. The Hall–Kier alpha value is -0.200. The van der Waals surface area contributed by atoms with Crippen LogP contribution in [0.3, 0.4) is 0 Å². The third kappa shape index (κ3) is 0.982. The summed E-state index contributed by atoms with van der Waals surface area (Å²) in [6.45, 7) is -0.284. The van der Waals surface area contributed by atoms with Crippen LogP contribution in [0.1, 0.15) is 0 Å². The van der Waals surface area contributed by atoms with Gasteiger partial charge in [-0.25, -0.2) is 0 Å². The molecule has 0 aromatic heterocycles. The van der Waals surface area contributed by atoms with Gasteiger partial charge in [0, 0.05) is 12.0 Å². The highest BCUT2D eigenvalue weighted by molar-refractivity contribution is 5.12. The zero-order chi connectivity index (χ0) is 8.88. The molecule has 5 nitrogen and oxygen atoms in total. The molecule has 2 aliphatic rings. The van der Waals surface area contributed by atoms with Gasteiger partial charge in [-0.05, 0) is 0 Å². The number of rotatable bonds is 1. The zero-order valence-electron chi connectivity index (χ0n) is 6.50. The van der Waals surface area contributed by atoms with Crippen LogP contribution in [0.25, 0.3) is 0 Å². The molecule has 0 spiro atoms. The average Bonchev–Trinajstić information content (AvgIpc) is 2.69. The van der Waals surface area contributed by atoms with Gasteiger partial charge in [-0.2, -0.15) is 0 Å². The van der Waals surface area contributed by atoms with Crippen LogP contribution in [0.5, 0.6) is 0 Å². The lowest BCUT2D eigenvalue weighted by Gasteiger charge is -2.29. The Balaban J connectivity index is 2.06. The summed E-state index contributed by atoms with van der Waals surface area (Å²) in [5, 5.41) is 27.6. The van der Waals surface area contributed by atoms with Gasteiger partial charge in [-0.1, -0.05) is 0 Å². The molecular weight excluding hydrogens is 162 g/mol. The van der Waals surface area contributed by atoms with Crippen molar-refractivity contribution in [2.24, 2.45) is 11.7 Å². The first-order chi connectivity index (χ1) is 5.66. The first-order valence-electron chi connectivity index (χ1n) is 4.05. The van der Waals surface area contributed by atoms with Crippen molar-refractivity contribution in [2.75, 3.05) is 6.61 Å². The lowest BCUT2D eigenvalue weighted by molar-refractivity contribution is -0.152. The largest absolute Gasteiger partial charge is 0.394 e. The fourth-order valence-corrected chi connectivity index (χ4v) is 1.81. The Morgan fingerprint density at radius 1 is 1.25 bits per heavy atom. The maximum atomic E-state index is 9.44. The molecule has 0 amide bonds. The van der Waals surface area contributed by atoms with E-state index in [0.29, 0.717) is 0 Å². The van der Waals surface area contributed by atoms with Gasteiger partial charge >= 0.3 is 0 Å². The molecule has 1 aliphatic carbocycles. The SMILES string of the molecule is N[C@@H]1[C@H]2O[C@H](CO)[C@H](O)[C@H](O)[C@@H]12. The second-order valence-corrected chi connectivity index (χ2v) is 3.46. The van der Waals surface area contributed by atoms with E-state index in [4.69, 9.17) is 15.6 Å². The molecule has 1 saturated carbocycles. The van der Waals surface area contributed by atoms with Crippen LogP contribution < -0.4 is 5.73 Å². The number of fused-ring (bicyclic) bond motifs is 1. The summed E-state index contributed by atoms with van der Waals surface area (Å²) in [6, 6.07) is -0.189. The molecule has 2 fully saturated rings. The second-order valence-electron chi connectivity index (χ2n) is 3.46. The molecule has 1 saturated heterocycles. The van der Waals surface area contributed by atoms with Crippen LogP contribution in [-0.4, -0.2) is 52.4 Å². The van der Waals surface area contributed by atoms with E-state index in [1.54, 1.807) is 0 Å². The minimum Gasteiger partial charge on any atom is -0.394 e. The van der Waals surface area contributed by atoms with Crippen molar-refractivity contribution in [3.8, 4) is 0 Å². The van der Waals surface area contributed by atoms with Crippen LogP contribution in [0.4, 0.5) is 0 Å². The van der Waals surface area contributed by atoms with Crippen LogP contribution in [0, 0.1) is 5.92 Å². The van der Waals surface area contributed by atoms with E-state index in [2.05, 4.69) is 0 Å². The molecule has 5 heteroatoms. The fourth-order valence-electron chi connectivity index (χ4n) is 1.81. The second kappa shape index (κ2) is 2.65. The highest BCUT2D eigenvalue weighted by Gasteiger charge is 2.60. The number of ether oxygens (including phenoxy) is 1. The van der Waals surface area contributed by atoms with Gasteiger partial charge in [0.15, 0.2) is 0 Å². The summed E-state index contributed by atoms with van der Waals surface area (Å²) in [7, 11) is 0. The van der Waals surface area contributed by atoms with Crippen molar-refractivity contribution in [3.05, 3.63) is 0 Å². The van der Waals surface area contributed by atoms with Crippen molar-refractivity contribution < 1.29 is 20.1 Å². The van der Waals surface area contributed by atoms with Crippen LogP contribution >= 0.6 is 0 Å². The molecule has 0 radical (unpaired) electrons. The molecule has 1 heterocycles. The van der Waals surface area contributed by atoms with E-state index in [1.165, 1.54) is 0 Å². The van der Waals surface area contributed by atoms with Gasteiger partial charge in [0.25, 0.3) is 0 Å². The monoisotopic (exact) mass is 175 g/mol. The number of aliphatic hydroxyl groups is 3. The van der Waals surface area contributed by atoms with E-state index < -0.39 is 18.3 Å². The minimum absolute atomic E-state index is 0.150. The molecule has 0 unspecified atom stereocenters. The van der Waals surface area contributed by atoms with E-state index >= 15 is 0 Å². The van der Waals surface area contributed by atoms with E-state index in [0.717, 1.165) is 0 Å². The van der Waals surface area contributed by atoms with Crippen molar-refractivity contribution in [2.45, 2.75) is 30.5 Å². The Kier molecular flexibility index (Phi) is 1.85. The first kappa shape index (κ1) is 8.40. The first-order valence-corrected chi connectivity index (χ1v) is 4.05. The van der Waals surface area contributed by atoms with Crippen molar-refractivity contribution >= 4 is 0 Å². The number of hydrogen-bond donors (Lipinski definition) is 4. The normalized spacial score (nSPS) is 58.0. The van der Waals surface area contributed by atoms with Gasteiger partial charge in [-0.3, -0.25) is 0 Å². The van der Waals surface area contributed by atoms with Gasteiger partial charge in [0.05, 0.1) is 18.8 Å². The van der Waals surface area contributed by atoms with Crippen LogP contribution in [-0.2, 0) is 4.74 Å². The molecule has 12 heavy (non-hydrogen) atoms. The third-order valence-corrected chi connectivity index (χ3v) is 2.70. The molecular formula is C7H13NO4. The van der Waals surface area contributed by atoms with Gasteiger partial charge in [0.2, 0.25) is 0 Å². The molecule has 0 aromatic carbocycles. The Morgan fingerprint density at radius 3 is 2.50 bits per heavy atom. The van der Waals surface area contributed by atoms with Crippen molar-refractivity contribution in [1.82, 2.24) is 0 Å². The Labute approximate surface area is 69.8 Å². The topological polar surface area (TPSA) is 95.9 Å². The Morgan fingerprint density at radius 2 is 1.92 bits per heavy atom. The van der Waals surface area contributed by atoms with Crippen molar-refractivity contribution in [1.29, 1.82) is 0 Å². The number of aliphatic hydroxyl groups excluding tert-OH is 3. The van der Waals surface area contributed by atoms with Crippen LogP contribution in [0.15, 0.2) is 0 Å². The average molecular weight is 175 g/mol. The van der Waals surface area contributed by atoms with Gasteiger partial charge in [-0.15, -0.1) is 0 Å². The summed E-state index contributed by atoms with van der Waals surface area (Å²) in [4.78, 5) is 0. The summed E-state index contributed by atoms with van der Waals surface area (Å²) in [6.07, 6.45) is -2.73. The smallest absolute Gasteiger partial charge is 0.109 e. The minimum atomic E-state index is -1.01. The molecule has 0 bridgehead atoms. The third-order valence-electron chi connectivity index (χ3n) is 2.70. The zero-order valence-corrected chi connectivity index (χ0v) is 6.50. The lowest BCUT2D eigenvalue weighted by atomic mass is 10.0.